The molecule has 17 heavy (non-hydrogen) atoms. The molecule has 0 saturated heterocycles. The lowest BCUT2D eigenvalue weighted by molar-refractivity contribution is -0.172. The summed E-state index contributed by atoms with van der Waals surface area (Å²) in [4.78, 5) is 7.63. The lowest BCUT2D eigenvalue weighted by Gasteiger charge is -2.09. The quantitative estimate of drug-likeness (QED) is 0.776. The number of hydrogen-bond donors (Lipinski definition) is 1. The molecule has 0 aliphatic rings. The molecule has 0 saturated carbocycles. The average molecular weight is 251 g/mol. The van der Waals surface area contributed by atoms with Crippen molar-refractivity contribution in [1.29, 1.82) is 0 Å². The van der Waals surface area contributed by atoms with Gasteiger partial charge in [0.1, 0.15) is 18.8 Å². The normalized spacial score (nSPS) is 11.3. The van der Waals surface area contributed by atoms with E-state index in [1.807, 2.05) is 0 Å². The number of methoxy groups -OCH3 is 1. The molecule has 5 nitrogen and oxygen atoms in total. The molecule has 0 fully saturated rings. The van der Waals surface area contributed by atoms with Crippen LogP contribution in [0.1, 0.15) is 0 Å². The fourth-order valence-electron chi connectivity index (χ4n) is 0.987. The molecule has 0 unspecified atom stereocenters. The minimum absolute atomic E-state index is 0.0637. The summed E-state index contributed by atoms with van der Waals surface area (Å²) in [6, 6.07) is 1.53. The van der Waals surface area contributed by atoms with Crippen molar-refractivity contribution in [2.24, 2.45) is 0 Å². The van der Waals surface area contributed by atoms with Crippen LogP contribution in [0.3, 0.4) is 0 Å². The Bertz CT molecular complexity index is 347. The minimum Gasteiger partial charge on any atom is -0.481 e. The van der Waals surface area contributed by atoms with E-state index < -0.39 is 12.8 Å². The van der Waals surface area contributed by atoms with Gasteiger partial charge in [0.2, 0.25) is 5.88 Å². The van der Waals surface area contributed by atoms with Gasteiger partial charge < -0.3 is 14.8 Å². The first-order valence-electron chi connectivity index (χ1n) is 4.75. The number of alkyl halides is 3. The summed E-state index contributed by atoms with van der Waals surface area (Å²) in [6.07, 6.45) is -3.00. The van der Waals surface area contributed by atoms with E-state index in [1.165, 1.54) is 19.5 Å². The van der Waals surface area contributed by atoms with Crippen molar-refractivity contribution in [3.8, 4) is 5.88 Å². The summed E-state index contributed by atoms with van der Waals surface area (Å²) in [6.45, 7) is -1.09. The van der Waals surface area contributed by atoms with Crippen molar-refractivity contribution >= 4 is 5.82 Å². The van der Waals surface area contributed by atoms with E-state index in [0.717, 1.165) is 0 Å². The Labute approximate surface area is 96.0 Å². The van der Waals surface area contributed by atoms with Gasteiger partial charge in [0, 0.05) is 12.6 Å². The first-order chi connectivity index (χ1) is 8.01. The van der Waals surface area contributed by atoms with Crippen molar-refractivity contribution in [2.45, 2.75) is 6.18 Å². The van der Waals surface area contributed by atoms with E-state index in [4.69, 9.17) is 4.74 Å². The molecule has 0 bridgehead atoms. The van der Waals surface area contributed by atoms with Crippen molar-refractivity contribution in [3.63, 3.8) is 0 Å². The second-order valence-corrected chi connectivity index (χ2v) is 3.04. The molecule has 0 aliphatic heterocycles. The minimum atomic E-state index is -4.29. The summed E-state index contributed by atoms with van der Waals surface area (Å²) in [5.41, 5.74) is 0. The van der Waals surface area contributed by atoms with E-state index >= 15 is 0 Å². The van der Waals surface area contributed by atoms with Gasteiger partial charge >= 0.3 is 6.18 Å². The molecule has 1 rings (SSSR count). The van der Waals surface area contributed by atoms with Crippen LogP contribution in [0.25, 0.3) is 0 Å². The van der Waals surface area contributed by atoms with Gasteiger partial charge in [-0.25, -0.2) is 9.97 Å². The van der Waals surface area contributed by atoms with E-state index in [0.29, 0.717) is 11.7 Å². The van der Waals surface area contributed by atoms with Gasteiger partial charge in [-0.05, 0) is 0 Å². The van der Waals surface area contributed by atoms with Crippen molar-refractivity contribution in [2.75, 3.05) is 32.2 Å². The molecule has 96 valence electrons. The topological polar surface area (TPSA) is 56.3 Å². The van der Waals surface area contributed by atoms with Crippen LogP contribution in [-0.2, 0) is 4.74 Å². The third kappa shape index (κ3) is 5.91. The fourth-order valence-corrected chi connectivity index (χ4v) is 0.987. The SMILES string of the molecule is COc1cc(NCCOCC(F)(F)F)ncn1. The second kappa shape index (κ2) is 6.24. The van der Waals surface area contributed by atoms with Crippen molar-refractivity contribution in [3.05, 3.63) is 12.4 Å². The van der Waals surface area contributed by atoms with Gasteiger partial charge in [-0.15, -0.1) is 0 Å². The van der Waals surface area contributed by atoms with Gasteiger partial charge in [0.05, 0.1) is 13.7 Å². The molecule has 1 aromatic heterocycles. The summed E-state index contributed by atoms with van der Waals surface area (Å²) >= 11 is 0. The van der Waals surface area contributed by atoms with Crippen LogP contribution in [0.15, 0.2) is 12.4 Å². The van der Waals surface area contributed by atoms with E-state index in [-0.39, 0.29) is 13.2 Å². The molecule has 1 heterocycles. The molecular formula is C9H12F3N3O2. The van der Waals surface area contributed by atoms with Crippen LogP contribution in [0.2, 0.25) is 0 Å². The highest BCUT2D eigenvalue weighted by Gasteiger charge is 2.27. The van der Waals surface area contributed by atoms with Gasteiger partial charge in [-0.1, -0.05) is 0 Å². The van der Waals surface area contributed by atoms with Crippen molar-refractivity contribution < 1.29 is 22.6 Å². The Hall–Kier alpha value is -1.57. The van der Waals surface area contributed by atoms with E-state index in [2.05, 4.69) is 20.0 Å². The first-order valence-corrected chi connectivity index (χ1v) is 4.75. The van der Waals surface area contributed by atoms with Gasteiger partial charge in [-0.2, -0.15) is 13.2 Å². The Morgan fingerprint density at radius 2 is 2.12 bits per heavy atom. The molecule has 0 spiro atoms. The Morgan fingerprint density at radius 3 is 2.76 bits per heavy atom. The zero-order valence-electron chi connectivity index (χ0n) is 9.12. The number of anilines is 1. The zero-order chi connectivity index (χ0) is 12.7. The molecule has 1 aromatic rings. The van der Waals surface area contributed by atoms with Gasteiger partial charge in [0.15, 0.2) is 0 Å². The smallest absolute Gasteiger partial charge is 0.411 e. The van der Waals surface area contributed by atoms with Crippen LogP contribution in [0.5, 0.6) is 5.88 Å². The maximum atomic E-state index is 11.7. The molecule has 0 radical (unpaired) electrons. The first kappa shape index (κ1) is 13.5. The third-order valence-electron chi connectivity index (χ3n) is 1.67. The highest BCUT2D eigenvalue weighted by atomic mass is 19.4. The van der Waals surface area contributed by atoms with Gasteiger partial charge in [0.25, 0.3) is 0 Å². The Morgan fingerprint density at radius 1 is 1.35 bits per heavy atom. The maximum absolute atomic E-state index is 11.7. The summed E-state index contributed by atoms with van der Waals surface area (Å²) in [5, 5.41) is 2.78. The maximum Gasteiger partial charge on any atom is 0.411 e. The highest BCUT2D eigenvalue weighted by molar-refractivity contribution is 5.36. The monoisotopic (exact) mass is 251 g/mol. The van der Waals surface area contributed by atoms with Gasteiger partial charge in [-0.3, -0.25) is 0 Å². The molecule has 0 aliphatic carbocycles. The predicted octanol–water partition coefficient (Wildman–Crippen LogP) is 1.48. The largest absolute Gasteiger partial charge is 0.481 e. The molecular weight excluding hydrogens is 239 g/mol. The highest BCUT2D eigenvalue weighted by Crippen LogP contribution is 2.14. The summed E-state index contributed by atoms with van der Waals surface area (Å²) in [7, 11) is 1.46. The number of ether oxygens (including phenoxy) is 2. The van der Waals surface area contributed by atoms with Crippen LogP contribution >= 0.6 is 0 Å². The molecule has 0 aromatic carbocycles. The van der Waals surface area contributed by atoms with E-state index in [9.17, 15) is 13.2 Å². The van der Waals surface area contributed by atoms with Crippen molar-refractivity contribution in [1.82, 2.24) is 9.97 Å². The van der Waals surface area contributed by atoms with Crippen LogP contribution in [0, 0.1) is 0 Å². The number of nitrogens with one attached hydrogen (secondary N) is 1. The molecule has 0 atom stereocenters. The number of aromatic nitrogens is 2. The Balaban J connectivity index is 2.22. The lowest BCUT2D eigenvalue weighted by Crippen LogP contribution is -2.20. The van der Waals surface area contributed by atoms with Crippen LogP contribution < -0.4 is 10.1 Å². The molecule has 0 amide bonds. The fraction of sp³-hybridized carbons (Fsp3) is 0.556. The second-order valence-electron chi connectivity index (χ2n) is 3.04. The number of nitrogens with zero attached hydrogens (tertiary/aromatic N) is 2. The molecule has 1 N–H and O–H groups in total. The standard InChI is InChI=1S/C9H12F3N3O2/c1-16-8-4-7(14-6-15-8)13-2-3-17-5-9(10,11)12/h4,6H,2-3,5H2,1H3,(H,13,14,15). The summed E-state index contributed by atoms with van der Waals surface area (Å²) in [5.74, 6) is 0.839. The average Bonchev–Trinajstić information content (AvgIpc) is 2.27. The van der Waals surface area contributed by atoms with Crippen LogP contribution in [-0.4, -0.2) is 43.0 Å². The number of rotatable bonds is 6. The molecule has 8 heteroatoms. The lowest BCUT2D eigenvalue weighted by atomic mass is 10.5. The van der Waals surface area contributed by atoms with E-state index in [1.54, 1.807) is 0 Å². The predicted molar refractivity (Wildman–Crippen MR) is 53.9 cm³/mol. The number of hydrogen-bond acceptors (Lipinski definition) is 5. The van der Waals surface area contributed by atoms with Crippen LogP contribution in [0.4, 0.5) is 19.0 Å². The zero-order valence-corrected chi connectivity index (χ0v) is 9.12. The third-order valence-corrected chi connectivity index (χ3v) is 1.67. The number of halogens is 3. The summed E-state index contributed by atoms with van der Waals surface area (Å²) < 4.78 is 44.4. The Kier molecular flexibility index (Phi) is 4.95.